The second-order valence-corrected chi connectivity index (χ2v) is 5.45. The van der Waals surface area contributed by atoms with Crippen molar-refractivity contribution < 1.29 is 8.78 Å². The molecule has 1 heterocycles. The maximum absolute atomic E-state index is 13.5. The van der Waals surface area contributed by atoms with Crippen molar-refractivity contribution in [1.29, 1.82) is 0 Å². The average molecular weight is 226 g/mol. The summed E-state index contributed by atoms with van der Waals surface area (Å²) in [6.45, 7) is 4.95. The molecule has 2 nitrogen and oxygen atoms in total. The minimum Gasteiger partial charge on any atom is -0.266 e. The molecular weight excluding hydrogens is 210 g/mol. The van der Waals surface area contributed by atoms with E-state index in [0.717, 1.165) is 24.6 Å². The summed E-state index contributed by atoms with van der Waals surface area (Å²) in [5.74, 6) is -1.67. The molecule has 2 unspecified atom stereocenters. The first-order valence-electron chi connectivity index (χ1n) is 5.89. The number of nitrogens with zero attached hydrogens (tertiary/aromatic N) is 2. The number of aromatic nitrogens is 2. The van der Waals surface area contributed by atoms with Crippen LogP contribution < -0.4 is 0 Å². The Bertz CT molecular complexity index is 443. The van der Waals surface area contributed by atoms with E-state index in [1.54, 1.807) is 0 Å². The van der Waals surface area contributed by atoms with Gasteiger partial charge in [0.05, 0.1) is 0 Å². The largest absolute Gasteiger partial charge is 0.289 e. The van der Waals surface area contributed by atoms with E-state index in [2.05, 4.69) is 5.10 Å². The first kappa shape index (κ1) is 10.2. The van der Waals surface area contributed by atoms with Crippen LogP contribution >= 0.6 is 0 Å². The number of hydrogen-bond donors (Lipinski definition) is 0. The van der Waals surface area contributed by atoms with Crippen LogP contribution in [0.15, 0.2) is 0 Å². The Hall–Kier alpha value is -0.930. The van der Waals surface area contributed by atoms with Gasteiger partial charge in [-0.2, -0.15) is 13.9 Å². The third-order valence-electron chi connectivity index (χ3n) is 3.69. The quantitative estimate of drug-likeness (QED) is 0.757. The lowest BCUT2D eigenvalue weighted by Crippen LogP contribution is -2.12. The predicted octanol–water partition coefficient (Wildman–Crippen LogP) is 3.24. The zero-order valence-electron chi connectivity index (χ0n) is 9.80. The Labute approximate surface area is 93.6 Å². The molecule has 0 radical (unpaired) electrons. The summed E-state index contributed by atoms with van der Waals surface area (Å²) >= 11 is 0. The SMILES string of the molecule is CC(C)n1nc(C(C)(F)F)c2c1C1CC1C2. The highest BCUT2D eigenvalue weighted by atomic mass is 19.3. The van der Waals surface area contributed by atoms with Crippen LogP contribution in [-0.4, -0.2) is 9.78 Å². The van der Waals surface area contributed by atoms with Crippen LogP contribution in [0.5, 0.6) is 0 Å². The van der Waals surface area contributed by atoms with E-state index >= 15 is 0 Å². The average Bonchev–Trinajstić information content (AvgIpc) is 2.65. The van der Waals surface area contributed by atoms with Gasteiger partial charge < -0.3 is 0 Å². The molecule has 0 saturated heterocycles. The van der Waals surface area contributed by atoms with E-state index in [4.69, 9.17) is 0 Å². The van der Waals surface area contributed by atoms with Gasteiger partial charge in [0.25, 0.3) is 5.92 Å². The summed E-state index contributed by atoms with van der Waals surface area (Å²) in [6, 6.07) is 0.171. The van der Waals surface area contributed by atoms with E-state index < -0.39 is 5.92 Å². The van der Waals surface area contributed by atoms with Crippen LogP contribution in [0.3, 0.4) is 0 Å². The molecule has 0 N–H and O–H groups in total. The van der Waals surface area contributed by atoms with Gasteiger partial charge in [-0.3, -0.25) is 4.68 Å². The van der Waals surface area contributed by atoms with Crippen molar-refractivity contribution in [2.45, 2.75) is 51.5 Å². The molecule has 1 aromatic heterocycles. The Balaban J connectivity index is 2.16. The second-order valence-electron chi connectivity index (χ2n) is 5.45. The van der Waals surface area contributed by atoms with Gasteiger partial charge in [-0.05, 0) is 32.6 Å². The molecule has 0 bridgehead atoms. The van der Waals surface area contributed by atoms with Crippen LogP contribution in [0.25, 0.3) is 0 Å². The van der Waals surface area contributed by atoms with Crippen molar-refractivity contribution in [2.24, 2.45) is 5.92 Å². The smallest absolute Gasteiger partial charge is 0.266 e. The fraction of sp³-hybridized carbons (Fsp3) is 0.750. The molecule has 4 heteroatoms. The highest BCUT2D eigenvalue weighted by Gasteiger charge is 2.51. The van der Waals surface area contributed by atoms with Crippen LogP contribution in [0.4, 0.5) is 8.78 Å². The van der Waals surface area contributed by atoms with E-state index in [1.165, 1.54) is 6.42 Å². The Morgan fingerprint density at radius 2 is 2.12 bits per heavy atom. The molecule has 3 rings (SSSR count). The summed E-state index contributed by atoms with van der Waals surface area (Å²) in [4.78, 5) is 0. The van der Waals surface area contributed by atoms with Crippen LogP contribution in [0.2, 0.25) is 0 Å². The molecule has 2 atom stereocenters. The molecule has 16 heavy (non-hydrogen) atoms. The van der Waals surface area contributed by atoms with Gasteiger partial charge in [-0.25, -0.2) is 0 Å². The second kappa shape index (κ2) is 2.84. The van der Waals surface area contributed by atoms with Crippen molar-refractivity contribution in [3.8, 4) is 0 Å². The summed E-state index contributed by atoms with van der Waals surface area (Å²) in [5.41, 5.74) is 1.95. The van der Waals surface area contributed by atoms with Crippen molar-refractivity contribution in [3.63, 3.8) is 0 Å². The van der Waals surface area contributed by atoms with Crippen molar-refractivity contribution in [3.05, 3.63) is 17.0 Å². The van der Waals surface area contributed by atoms with Crippen LogP contribution in [0, 0.1) is 5.92 Å². The lowest BCUT2D eigenvalue weighted by atomic mass is 10.1. The number of halogens is 2. The third kappa shape index (κ3) is 1.25. The van der Waals surface area contributed by atoms with Crippen molar-refractivity contribution in [1.82, 2.24) is 9.78 Å². The fourth-order valence-corrected chi connectivity index (χ4v) is 2.89. The number of hydrogen-bond acceptors (Lipinski definition) is 1. The van der Waals surface area contributed by atoms with E-state index in [0.29, 0.717) is 11.8 Å². The third-order valence-corrected chi connectivity index (χ3v) is 3.69. The Morgan fingerprint density at radius 1 is 1.44 bits per heavy atom. The van der Waals surface area contributed by atoms with Crippen molar-refractivity contribution in [2.75, 3.05) is 0 Å². The molecule has 0 aromatic carbocycles. The summed E-state index contributed by atoms with van der Waals surface area (Å²) in [7, 11) is 0. The molecule has 1 aromatic rings. The topological polar surface area (TPSA) is 17.8 Å². The molecule has 0 spiro atoms. The van der Waals surface area contributed by atoms with Crippen LogP contribution in [-0.2, 0) is 12.3 Å². The zero-order chi connectivity index (χ0) is 11.7. The molecule has 88 valence electrons. The van der Waals surface area contributed by atoms with Gasteiger partial charge in [0.2, 0.25) is 0 Å². The zero-order valence-corrected chi connectivity index (χ0v) is 9.80. The fourth-order valence-electron chi connectivity index (χ4n) is 2.89. The lowest BCUT2D eigenvalue weighted by molar-refractivity contribution is 0.0110. The van der Waals surface area contributed by atoms with Gasteiger partial charge in [0.15, 0.2) is 0 Å². The van der Waals surface area contributed by atoms with Gasteiger partial charge in [-0.1, -0.05) is 0 Å². The monoisotopic (exact) mass is 226 g/mol. The molecule has 2 aliphatic rings. The molecule has 1 saturated carbocycles. The van der Waals surface area contributed by atoms with Gasteiger partial charge in [-0.15, -0.1) is 0 Å². The summed E-state index contributed by atoms with van der Waals surface area (Å²) in [5, 5.41) is 4.15. The van der Waals surface area contributed by atoms with Gasteiger partial charge in [0.1, 0.15) is 5.69 Å². The Kier molecular flexibility index (Phi) is 1.82. The minimum atomic E-state index is -2.80. The highest BCUT2D eigenvalue weighted by molar-refractivity contribution is 5.42. The minimum absolute atomic E-state index is 0.0170. The molecule has 0 aliphatic heterocycles. The number of alkyl halides is 2. The number of rotatable bonds is 2. The summed E-state index contributed by atoms with van der Waals surface area (Å²) < 4.78 is 28.7. The predicted molar refractivity (Wildman–Crippen MR) is 56.7 cm³/mol. The van der Waals surface area contributed by atoms with Crippen molar-refractivity contribution >= 4 is 0 Å². The first-order chi connectivity index (χ1) is 7.39. The maximum atomic E-state index is 13.5. The molecular formula is C12H16F2N2. The van der Waals surface area contributed by atoms with Gasteiger partial charge in [0, 0.05) is 30.1 Å². The molecule has 2 aliphatic carbocycles. The normalized spacial score (nSPS) is 27.1. The highest BCUT2D eigenvalue weighted by Crippen LogP contribution is 2.58. The summed E-state index contributed by atoms with van der Waals surface area (Å²) in [6.07, 6.45) is 1.98. The lowest BCUT2D eigenvalue weighted by Gasteiger charge is -2.10. The van der Waals surface area contributed by atoms with E-state index in [1.807, 2.05) is 18.5 Å². The van der Waals surface area contributed by atoms with Gasteiger partial charge >= 0.3 is 0 Å². The first-order valence-corrected chi connectivity index (χ1v) is 5.89. The van der Waals surface area contributed by atoms with E-state index in [-0.39, 0.29) is 11.7 Å². The van der Waals surface area contributed by atoms with E-state index in [9.17, 15) is 8.78 Å². The maximum Gasteiger partial charge on any atom is 0.289 e. The van der Waals surface area contributed by atoms with Crippen LogP contribution in [0.1, 0.15) is 56.1 Å². The standard InChI is InChI=1S/C12H16F2N2/c1-6(2)16-10-8-4-7(8)5-9(10)11(15-16)12(3,13)14/h6-8H,4-5H2,1-3H3. The molecule has 1 fully saturated rings. The Morgan fingerprint density at radius 3 is 2.69 bits per heavy atom. The number of fused-ring (bicyclic) bond motifs is 3. The molecule has 0 amide bonds.